The first-order valence-corrected chi connectivity index (χ1v) is 20.9. The number of rotatable bonds is 37. The fourth-order valence-corrected chi connectivity index (χ4v) is 6.10. The number of hydrogen-bond donors (Lipinski definition) is 0. The fraction of sp³-hybridized carbons (Fsp3) is 0.929. The quantitative estimate of drug-likeness (QED) is 0.0369. The largest absolute Gasteiger partial charge is 0.462 e. The molecule has 6 heteroatoms. The molecule has 0 aromatic heterocycles. The Kier molecular flexibility index (Phi) is 35.5. The van der Waals surface area contributed by atoms with Crippen LogP contribution < -0.4 is 0 Å². The van der Waals surface area contributed by atoms with E-state index in [1.165, 1.54) is 122 Å². The van der Waals surface area contributed by atoms with E-state index in [1.807, 2.05) is 0 Å². The Bertz CT molecular complexity index is 721. The van der Waals surface area contributed by atoms with Crippen LogP contribution in [-0.4, -0.2) is 37.2 Å². The van der Waals surface area contributed by atoms with Crippen LogP contribution in [0.3, 0.4) is 0 Å². The summed E-state index contributed by atoms with van der Waals surface area (Å²) < 4.78 is 16.6. The molecule has 0 aliphatic heterocycles. The highest BCUT2D eigenvalue weighted by Crippen LogP contribution is 2.15. The van der Waals surface area contributed by atoms with E-state index in [-0.39, 0.29) is 31.1 Å². The van der Waals surface area contributed by atoms with Gasteiger partial charge in [-0.3, -0.25) is 14.4 Å². The van der Waals surface area contributed by atoms with Crippen LogP contribution >= 0.6 is 0 Å². The van der Waals surface area contributed by atoms with Crippen molar-refractivity contribution in [3.63, 3.8) is 0 Å². The molecule has 0 aromatic rings. The molecule has 6 nitrogen and oxygen atoms in total. The van der Waals surface area contributed by atoms with Crippen LogP contribution in [0.2, 0.25) is 0 Å². The molecule has 0 N–H and O–H groups in total. The van der Waals surface area contributed by atoms with Crippen LogP contribution in [0.5, 0.6) is 0 Å². The highest BCUT2D eigenvalue weighted by molar-refractivity contribution is 5.71. The lowest BCUT2D eigenvalue weighted by Gasteiger charge is -2.18. The van der Waals surface area contributed by atoms with Crippen molar-refractivity contribution in [2.24, 2.45) is 5.92 Å². The summed E-state index contributed by atoms with van der Waals surface area (Å²) in [5.74, 6) is -0.0876. The van der Waals surface area contributed by atoms with Crippen molar-refractivity contribution in [3.05, 3.63) is 0 Å². The maximum atomic E-state index is 12.6. The zero-order valence-corrected chi connectivity index (χ0v) is 32.4. The molecular weight excluding hydrogens is 600 g/mol. The van der Waals surface area contributed by atoms with Gasteiger partial charge in [0.15, 0.2) is 6.10 Å². The summed E-state index contributed by atoms with van der Waals surface area (Å²) in [7, 11) is 0. The molecule has 1 atom stereocenters. The second kappa shape index (κ2) is 36.7. The number of hydrogen-bond acceptors (Lipinski definition) is 6. The van der Waals surface area contributed by atoms with Crippen LogP contribution in [-0.2, 0) is 28.6 Å². The maximum Gasteiger partial charge on any atom is 0.306 e. The molecule has 0 aromatic carbocycles. The molecule has 0 rings (SSSR count). The van der Waals surface area contributed by atoms with Crippen LogP contribution in [0, 0.1) is 5.92 Å². The fourth-order valence-electron chi connectivity index (χ4n) is 6.10. The second-order valence-electron chi connectivity index (χ2n) is 14.7. The lowest BCUT2D eigenvalue weighted by Crippen LogP contribution is -2.30. The van der Waals surface area contributed by atoms with Gasteiger partial charge in [0.05, 0.1) is 0 Å². The normalized spacial score (nSPS) is 11.9. The zero-order valence-electron chi connectivity index (χ0n) is 32.4. The van der Waals surface area contributed by atoms with Crippen molar-refractivity contribution in [2.75, 3.05) is 13.2 Å². The number of esters is 3. The predicted molar refractivity (Wildman–Crippen MR) is 201 cm³/mol. The predicted octanol–water partition coefficient (Wildman–Crippen LogP) is 12.8. The molecule has 0 aliphatic carbocycles. The Morgan fingerprint density at radius 3 is 1.02 bits per heavy atom. The molecule has 0 radical (unpaired) electrons. The minimum absolute atomic E-state index is 0.0652. The zero-order chi connectivity index (χ0) is 35.3. The molecule has 0 fully saturated rings. The van der Waals surface area contributed by atoms with Crippen LogP contribution in [0.1, 0.15) is 227 Å². The van der Waals surface area contributed by atoms with E-state index in [9.17, 15) is 14.4 Å². The first-order chi connectivity index (χ1) is 23.4. The standard InChI is InChI=1S/C42H80O6/c1-5-7-9-11-13-15-16-18-22-26-30-34-41(44)47-37-39(36-46-40(43)33-29-25-21-17-14-12-10-8-6-2)48-42(45)35-31-27-23-19-20-24-28-32-38(3)4/h38-39H,5-37H2,1-4H3/t39-/m0/s1. The van der Waals surface area contributed by atoms with Gasteiger partial charge in [0.25, 0.3) is 0 Å². The number of ether oxygens (including phenoxy) is 3. The van der Waals surface area contributed by atoms with Crippen LogP contribution in [0.4, 0.5) is 0 Å². The number of carbonyl (C=O) groups excluding carboxylic acids is 3. The van der Waals surface area contributed by atoms with Crippen molar-refractivity contribution in [1.82, 2.24) is 0 Å². The van der Waals surface area contributed by atoms with Gasteiger partial charge in [0, 0.05) is 19.3 Å². The molecule has 0 heterocycles. The Balaban J connectivity index is 4.34. The molecular formula is C42H80O6. The Labute approximate surface area is 298 Å². The number of carbonyl (C=O) groups is 3. The molecule has 0 spiro atoms. The van der Waals surface area contributed by atoms with Gasteiger partial charge >= 0.3 is 17.9 Å². The van der Waals surface area contributed by atoms with E-state index in [0.29, 0.717) is 19.3 Å². The minimum Gasteiger partial charge on any atom is -0.462 e. The van der Waals surface area contributed by atoms with Gasteiger partial charge in [-0.1, -0.05) is 188 Å². The third kappa shape index (κ3) is 35.7. The molecule has 0 aliphatic rings. The van der Waals surface area contributed by atoms with Gasteiger partial charge < -0.3 is 14.2 Å². The van der Waals surface area contributed by atoms with Gasteiger partial charge in [0.1, 0.15) is 13.2 Å². The second-order valence-corrected chi connectivity index (χ2v) is 14.7. The summed E-state index contributed by atoms with van der Waals surface area (Å²) >= 11 is 0. The Morgan fingerprint density at radius 1 is 0.396 bits per heavy atom. The Hall–Kier alpha value is -1.59. The SMILES string of the molecule is CCCCCCCCCCCCCC(=O)OC[C@H](COC(=O)CCCCCCCCCCC)OC(=O)CCCCCCCCCC(C)C. The summed E-state index contributed by atoms with van der Waals surface area (Å²) in [6, 6.07) is 0. The Morgan fingerprint density at radius 2 is 0.688 bits per heavy atom. The van der Waals surface area contributed by atoms with E-state index in [2.05, 4.69) is 27.7 Å². The highest BCUT2D eigenvalue weighted by atomic mass is 16.6. The average Bonchev–Trinajstić information content (AvgIpc) is 3.06. The molecule has 0 saturated carbocycles. The monoisotopic (exact) mass is 681 g/mol. The van der Waals surface area contributed by atoms with Crippen molar-refractivity contribution < 1.29 is 28.6 Å². The van der Waals surface area contributed by atoms with E-state index in [1.54, 1.807) is 0 Å². The number of unbranched alkanes of at least 4 members (excludes halogenated alkanes) is 24. The average molecular weight is 681 g/mol. The van der Waals surface area contributed by atoms with Crippen molar-refractivity contribution >= 4 is 17.9 Å². The molecule has 0 unspecified atom stereocenters. The molecule has 48 heavy (non-hydrogen) atoms. The maximum absolute atomic E-state index is 12.6. The summed E-state index contributed by atoms with van der Waals surface area (Å²) in [6.07, 6.45) is 33.8. The van der Waals surface area contributed by atoms with Gasteiger partial charge in [-0.25, -0.2) is 0 Å². The lowest BCUT2D eigenvalue weighted by molar-refractivity contribution is -0.167. The van der Waals surface area contributed by atoms with E-state index in [4.69, 9.17) is 14.2 Å². The van der Waals surface area contributed by atoms with Crippen molar-refractivity contribution in [3.8, 4) is 0 Å². The topological polar surface area (TPSA) is 78.9 Å². The molecule has 284 valence electrons. The van der Waals surface area contributed by atoms with Crippen LogP contribution in [0.15, 0.2) is 0 Å². The van der Waals surface area contributed by atoms with Crippen molar-refractivity contribution in [1.29, 1.82) is 0 Å². The van der Waals surface area contributed by atoms with Gasteiger partial charge in [-0.2, -0.15) is 0 Å². The van der Waals surface area contributed by atoms with Gasteiger partial charge in [-0.15, -0.1) is 0 Å². The van der Waals surface area contributed by atoms with Gasteiger partial charge in [0.2, 0.25) is 0 Å². The van der Waals surface area contributed by atoms with Crippen LogP contribution in [0.25, 0.3) is 0 Å². The third-order valence-electron chi connectivity index (χ3n) is 9.29. The van der Waals surface area contributed by atoms with E-state index in [0.717, 1.165) is 63.7 Å². The summed E-state index contributed by atoms with van der Waals surface area (Å²) in [6.45, 7) is 8.90. The van der Waals surface area contributed by atoms with Gasteiger partial charge in [-0.05, 0) is 25.2 Å². The first kappa shape index (κ1) is 46.4. The smallest absolute Gasteiger partial charge is 0.306 e. The minimum atomic E-state index is -0.758. The lowest BCUT2D eigenvalue weighted by atomic mass is 10.0. The molecule has 0 amide bonds. The van der Waals surface area contributed by atoms with E-state index >= 15 is 0 Å². The highest BCUT2D eigenvalue weighted by Gasteiger charge is 2.19. The molecule has 0 bridgehead atoms. The third-order valence-corrected chi connectivity index (χ3v) is 9.29. The summed E-state index contributed by atoms with van der Waals surface area (Å²) in [4.78, 5) is 37.5. The molecule has 0 saturated heterocycles. The first-order valence-electron chi connectivity index (χ1n) is 20.9. The summed E-state index contributed by atoms with van der Waals surface area (Å²) in [5, 5.41) is 0. The van der Waals surface area contributed by atoms with Crippen molar-refractivity contribution in [2.45, 2.75) is 233 Å². The summed E-state index contributed by atoms with van der Waals surface area (Å²) in [5.41, 5.74) is 0. The van der Waals surface area contributed by atoms with E-state index < -0.39 is 6.10 Å².